The molecule has 0 aliphatic carbocycles. The summed E-state index contributed by atoms with van der Waals surface area (Å²) in [6.07, 6.45) is 2.84. The second-order valence-corrected chi connectivity index (χ2v) is 9.82. The number of carbonyl (C=O) groups is 1. The van der Waals surface area contributed by atoms with E-state index in [1.54, 1.807) is 11.3 Å². The Bertz CT molecular complexity index is 1180. The van der Waals surface area contributed by atoms with Crippen molar-refractivity contribution in [3.05, 3.63) is 86.3 Å². The lowest BCUT2D eigenvalue weighted by molar-refractivity contribution is 0.0956. The van der Waals surface area contributed by atoms with Crippen LogP contribution >= 0.6 is 11.3 Å². The summed E-state index contributed by atoms with van der Waals surface area (Å²) in [5, 5.41) is 2.11. The van der Waals surface area contributed by atoms with E-state index in [1.807, 2.05) is 31.2 Å². The molecule has 3 heterocycles. The fraction of sp³-hybridized carbons (Fsp3) is 0.296. The van der Waals surface area contributed by atoms with Crippen molar-refractivity contribution in [2.45, 2.75) is 39.7 Å². The van der Waals surface area contributed by atoms with Gasteiger partial charge in [0.2, 0.25) is 5.78 Å². The maximum atomic E-state index is 13.1. The van der Waals surface area contributed by atoms with Crippen LogP contribution in [-0.4, -0.2) is 24.0 Å². The summed E-state index contributed by atoms with van der Waals surface area (Å²) < 4.78 is 12.1. The van der Waals surface area contributed by atoms with Crippen LogP contribution in [0.4, 0.5) is 0 Å². The topological polar surface area (TPSA) is 38.8 Å². The molecule has 0 saturated heterocycles. The summed E-state index contributed by atoms with van der Waals surface area (Å²) in [6, 6.07) is 14.5. The minimum absolute atomic E-state index is 0.0606. The summed E-state index contributed by atoms with van der Waals surface area (Å²) in [5.41, 5.74) is 4.83. The molecule has 3 aromatic rings. The van der Waals surface area contributed by atoms with Crippen molar-refractivity contribution < 1.29 is 14.3 Å². The van der Waals surface area contributed by atoms with Crippen LogP contribution in [-0.2, 0) is 13.0 Å². The molecule has 0 atom stereocenters. The van der Waals surface area contributed by atoms with E-state index < -0.39 is 0 Å². The first kappa shape index (κ1) is 21.0. The number of benzene rings is 2. The molecule has 164 valence electrons. The number of allylic oxidation sites excluding steroid dienone is 1. The molecule has 5 rings (SSSR count). The van der Waals surface area contributed by atoms with Gasteiger partial charge in [-0.25, -0.2) is 0 Å². The van der Waals surface area contributed by atoms with Crippen molar-refractivity contribution in [1.82, 2.24) is 4.90 Å². The lowest BCUT2D eigenvalue weighted by atomic mass is 9.99. The van der Waals surface area contributed by atoms with Gasteiger partial charge < -0.3 is 9.47 Å². The number of rotatable bonds is 5. The van der Waals surface area contributed by atoms with Crippen LogP contribution in [0.3, 0.4) is 0 Å². The number of ether oxygens (including phenoxy) is 2. The molecule has 0 N–H and O–H groups in total. The predicted molar refractivity (Wildman–Crippen MR) is 129 cm³/mol. The number of Topliss-reactive ketones (excluding diaryl/α,β-unsaturated/α-hetero) is 1. The van der Waals surface area contributed by atoms with E-state index in [9.17, 15) is 4.79 Å². The maximum absolute atomic E-state index is 13.1. The van der Waals surface area contributed by atoms with E-state index in [2.05, 4.69) is 48.4 Å². The number of fused-ring (bicyclic) bond motifs is 2. The highest BCUT2D eigenvalue weighted by Gasteiger charge is 2.33. The molecule has 4 nitrogen and oxygen atoms in total. The molecular weight excluding hydrogens is 418 g/mol. The second kappa shape index (κ2) is 8.57. The molecular formula is C27H27NO3S. The normalized spacial score (nSPS) is 16.8. The van der Waals surface area contributed by atoms with E-state index in [0.717, 1.165) is 42.0 Å². The summed E-state index contributed by atoms with van der Waals surface area (Å²) in [4.78, 5) is 16.8. The smallest absolute Gasteiger partial charge is 0.231 e. The Morgan fingerprint density at radius 1 is 1.16 bits per heavy atom. The fourth-order valence-corrected chi connectivity index (χ4v) is 4.99. The number of hydrogen-bond acceptors (Lipinski definition) is 5. The van der Waals surface area contributed by atoms with Crippen LogP contribution in [0.2, 0.25) is 0 Å². The highest BCUT2D eigenvalue weighted by atomic mass is 32.1. The van der Waals surface area contributed by atoms with Gasteiger partial charge in [-0.05, 0) is 54.0 Å². The number of thiophene rings is 1. The monoisotopic (exact) mass is 445 g/mol. The molecule has 0 unspecified atom stereocenters. The minimum atomic E-state index is -0.0606. The highest BCUT2D eigenvalue weighted by Crippen LogP contribution is 2.43. The van der Waals surface area contributed by atoms with E-state index in [0.29, 0.717) is 29.7 Å². The van der Waals surface area contributed by atoms with E-state index >= 15 is 0 Å². The summed E-state index contributed by atoms with van der Waals surface area (Å²) >= 11 is 1.78. The average molecular weight is 446 g/mol. The Morgan fingerprint density at radius 2 is 1.97 bits per heavy atom. The number of ketones is 1. The first-order valence-electron chi connectivity index (χ1n) is 11.1. The van der Waals surface area contributed by atoms with E-state index in [4.69, 9.17) is 9.47 Å². The third-order valence-electron chi connectivity index (χ3n) is 6.16. The first-order chi connectivity index (χ1) is 15.5. The van der Waals surface area contributed by atoms with E-state index in [-0.39, 0.29) is 5.78 Å². The van der Waals surface area contributed by atoms with Crippen LogP contribution in [0.1, 0.15) is 57.3 Å². The van der Waals surface area contributed by atoms with Crippen molar-refractivity contribution in [3.8, 4) is 11.5 Å². The zero-order valence-corrected chi connectivity index (χ0v) is 19.5. The fourth-order valence-electron chi connectivity index (χ4n) is 4.29. The Balaban J connectivity index is 1.36. The Hall–Kier alpha value is -2.89. The second-order valence-electron chi connectivity index (χ2n) is 8.78. The molecule has 2 aliphatic rings. The number of hydrogen-bond donors (Lipinski definition) is 0. The third kappa shape index (κ3) is 3.98. The molecule has 0 fully saturated rings. The Labute approximate surface area is 193 Å². The molecule has 0 spiro atoms. The highest BCUT2D eigenvalue weighted by molar-refractivity contribution is 7.09. The predicted octanol–water partition coefficient (Wildman–Crippen LogP) is 6.19. The molecule has 0 saturated carbocycles. The van der Waals surface area contributed by atoms with Crippen LogP contribution in [0.5, 0.6) is 11.5 Å². The quantitative estimate of drug-likeness (QED) is 0.439. The molecule has 5 heteroatoms. The summed E-state index contributed by atoms with van der Waals surface area (Å²) in [6.45, 7) is 8.58. The molecule has 0 bridgehead atoms. The van der Waals surface area contributed by atoms with Gasteiger partial charge in [0.05, 0.1) is 5.56 Å². The molecule has 2 aromatic carbocycles. The summed E-state index contributed by atoms with van der Waals surface area (Å²) in [7, 11) is 0. The third-order valence-corrected chi connectivity index (χ3v) is 7.09. The van der Waals surface area contributed by atoms with Crippen molar-refractivity contribution in [2.24, 2.45) is 0 Å². The molecule has 0 radical (unpaired) electrons. The van der Waals surface area contributed by atoms with Crippen molar-refractivity contribution in [2.75, 3.05) is 13.3 Å². The van der Waals surface area contributed by atoms with Crippen molar-refractivity contribution in [1.29, 1.82) is 0 Å². The summed E-state index contributed by atoms with van der Waals surface area (Å²) in [5.74, 6) is 2.27. The van der Waals surface area contributed by atoms with Crippen LogP contribution < -0.4 is 9.47 Å². The van der Waals surface area contributed by atoms with Gasteiger partial charge in [-0.15, -0.1) is 11.3 Å². The number of carbonyl (C=O) groups excluding carboxylic acids is 1. The lowest BCUT2D eigenvalue weighted by Gasteiger charge is -2.30. The average Bonchev–Trinajstić information content (AvgIpc) is 3.42. The van der Waals surface area contributed by atoms with Gasteiger partial charge in [0, 0.05) is 29.1 Å². The van der Waals surface area contributed by atoms with Gasteiger partial charge in [-0.2, -0.15) is 0 Å². The van der Waals surface area contributed by atoms with Gasteiger partial charge >= 0.3 is 0 Å². The lowest BCUT2D eigenvalue weighted by Crippen LogP contribution is -2.34. The molecule has 1 aromatic heterocycles. The SMILES string of the molecule is Cc1c2c(cc3c1O/C(=C\c1ccc(C(C)C)cc1)C3=O)CN(CCc1cccs1)CO2. The Kier molecular flexibility index (Phi) is 5.62. The van der Waals surface area contributed by atoms with Crippen molar-refractivity contribution in [3.63, 3.8) is 0 Å². The van der Waals surface area contributed by atoms with Gasteiger partial charge in [0.25, 0.3) is 0 Å². The Morgan fingerprint density at radius 3 is 2.69 bits per heavy atom. The number of nitrogens with zero attached hydrogens (tertiary/aromatic N) is 1. The van der Waals surface area contributed by atoms with Crippen molar-refractivity contribution >= 4 is 23.2 Å². The zero-order chi connectivity index (χ0) is 22.2. The van der Waals surface area contributed by atoms with Crippen LogP contribution in [0.25, 0.3) is 6.08 Å². The molecule has 2 aliphatic heterocycles. The van der Waals surface area contributed by atoms with Crippen LogP contribution in [0, 0.1) is 6.92 Å². The van der Waals surface area contributed by atoms with Gasteiger partial charge in [-0.1, -0.05) is 44.2 Å². The first-order valence-corrected chi connectivity index (χ1v) is 12.0. The van der Waals surface area contributed by atoms with E-state index in [1.165, 1.54) is 10.4 Å². The van der Waals surface area contributed by atoms with Gasteiger partial charge in [0.15, 0.2) is 5.76 Å². The molecule has 0 amide bonds. The van der Waals surface area contributed by atoms with Gasteiger partial charge in [0.1, 0.15) is 18.2 Å². The standard InChI is InChI=1S/C27H27NO3S/c1-17(2)20-8-6-19(7-9-20)13-24-25(29)23-14-21-15-28(11-10-22-5-4-12-32-22)16-30-26(21)18(3)27(23)31-24/h4-9,12-14,17H,10-11,15-16H2,1-3H3/b24-13-. The molecule has 32 heavy (non-hydrogen) atoms. The van der Waals surface area contributed by atoms with Crippen LogP contribution in [0.15, 0.2) is 53.6 Å². The largest absolute Gasteiger partial charge is 0.477 e. The minimum Gasteiger partial charge on any atom is -0.477 e. The van der Waals surface area contributed by atoms with Gasteiger partial charge in [-0.3, -0.25) is 9.69 Å². The maximum Gasteiger partial charge on any atom is 0.231 e. The zero-order valence-electron chi connectivity index (χ0n) is 18.7.